The van der Waals surface area contributed by atoms with Gasteiger partial charge >= 0.3 is 0 Å². The van der Waals surface area contributed by atoms with Crippen molar-refractivity contribution in [1.29, 1.82) is 0 Å². The van der Waals surface area contributed by atoms with E-state index >= 15 is 0 Å². The maximum absolute atomic E-state index is 6.01. The molecule has 2 heterocycles. The molecular weight excluding hydrogens is 437 g/mol. The molecule has 5 nitrogen and oxygen atoms in total. The molecule has 0 saturated carbocycles. The molecule has 0 radical (unpaired) electrons. The minimum atomic E-state index is 0. The Balaban J connectivity index is 0.00000243. The summed E-state index contributed by atoms with van der Waals surface area (Å²) in [4.78, 5) is 11.3. The molecule has 3 rings (SSSR count). The van der Waals surface area contributed by atoms with Crippen molar-refractivity contribution in [2.24, 2.45) is 16.6 Å². The van der Waals surface area contributed by atoms with Gasteiger partial charge in [-0.1, -0.05) is 42.8 Å². The molecule has 1 aromatic carbocycles. The number of guanidine groups is 1. The molecule has 140 valence electrons. The standard InChI is InChI=1S/C20H27N5.HI/c21-20(24-19-11-4-6-12-22-19)23-14-18-10-5-7-13-25(16-18)15-17-8-2-1-3-9-17;/h1-4,6,8-9,11-12,18H,5,7,10,13-16H2,(H3,21,22,23,24);1H. The van der Waals surface area contributed by atoms with Crippen LogP contribution in [0.5, 0.6) is 0 Å². The van der Waals surface area contributed by atoms with E-state index in [4.69, 9.17) is 5.73 Å². The number of anilines is 1. The number of hydrogen-bond acceptors (Lipinski definition) is 3. The second-order valence-electron chi connectivity index (χ2n) is 6.65. The van der Waals surface area contributed by atoms with E-state index in [1.807, 2.05) is 18.2 Å². The zero-order valence-electron chi connectivity index (χ0n) is 15.1. The van der Waals surface area contributed by atoms with Gasteiger partial charge < -0.3 is 11.1 Å². The lowest BCUT2D eigenvalue weighted by molar-refractivity contribution is 0.243. The Morgan fingerprint density at radius 2 is 1.96 bits per heavy atom. The van der Waals surface area contributed by atoms with Crippen molar-refractivity contribution in [3.63, 3.8) is 0 Å². The molecule has 0 amide bonds. The monoisotopic (exact) mass is 465 g/mol. The number of benzene rings is 1. The summed E-state index contributed by atoms with van der Waals surface area (Å²) >= 11 is 0. The van der Waals surface area contributed by atoms with Gasteiger partial charge in [-0.2, -0.15) is 0 Å². The van der Waals surface area contributed by atoms with Gasteiger partial charge in [-0.3, -0.25) is 9.89 Å². The van der Waals surface area contributed by atoms with Gasteiger partial charge in [0.1, 0.15) is 5.82 Å². The van der Waals surface area contributed by atoms with Crippen LogP contribution in [-0.2, 0) is 6.54 Å². The van der Waals surface area contributed by atoms with Crippen LogP contribution in [0.25, 0.3) is 0 Å². The number of aliphatic imine (C=N–C) groups is 1. The average Bonchev–Trinajstić information content (AvgIpc) is 2.87. The Morgan fingerprint density at radius 3 is 2.73 bits per heavy atom. The fourth-order valence-corrected chi connectivity index (χ4v) is 3.29. The molecule has 0 spiro atoms. The van der Waals surface area contributed by atoms with Crippen molar-refractivity contribution < 1.29 is 0 Å². The van der Waals surface area contributed by atoms with Crippen LogP contribution in [0.1, 0.15) is 24.8 Å². The molecule has 2 aromatic rings. The Kier molecular flexibility index (Phi) is 8.84. The van der Waals surface area contributed by atoms with E-state index in [1.54, 1.807) is 6.20 Å². The highest BCUT2D eigenvalue weighted by Gasteiger charge is 2.18. The van der Waals surface area contributed by atoms with E-state index < -0.39 is 0 Å². The number of rotatable bonds is 5. The molecule has 26 heavy (non-hydrogen) atoms. The minimum absolute atomic E-state index is 0. The minimum Gasteiger partial charge on any atom is -0.370 e. The van der Waals surface area contributed by atoms with E-state index in [9.17, 15) is 0 Å². The van der Waals surface area contributed by atoms with Gasteiger partial charge in [-0.05, 0) is 43.0 Å². The molecule has 0 bridgehead atoms. The van der Waals surface area contributed by atoms with Gasteiger partial charge in [0, 0.05) is 25.8 Å². The van der Waals surface area contributed by atoms with Gasteiger partial charge in [0.15, 0.2) is 5.96 Å². The number of likely N-dealkylation sites (tertiary alicyclic amines) is 1. The van der Waals surface area contributed by atoms with Gasteiger partial charge in [0.2, 0.25) is 0 Å². The third kappa shape index (κ3) is 6.92. The number of aromatic nitrogens is 1. The van der Waals surface area contributed by atoms with Crippen molar-refractivity contribution in [3.05, 3.63) is 60.3 Å². The van der Waals surface area contributed by atoms with Gasteiger partial charge in [0.05, 0.1) is 0 Å². The number of nitrogens with zero attached hydrogens (tertiary/aromatic N) is 3. The van der Waals surface area contributed by atoms with E-state index in [0.717, 1.165) is 32.0 Å². The second-order valence-corrected chi connectivity index (χ2v) is 6.65. The lowest BCUT2D eigenvalue weighted by atomic mass is 10.0. The largest absolute Gasteiger partial charge is 0.370 e. The van der Waals surface area contributed by atoms with E-state index in [1.165, 1.54) is 24.8 Å². The van der Waals surface area contributed by atoms with Crippen LogP contribution < -0.4 is 11.1 Å². The first kappa shape index (κ1) is 20.6. The highest BCUT2D eigenvalue weighted by atomic mass is 127. The highest BCUT2D eigenvalue weighted by molar-refractivity contribution is 14.0. The summed E-state index contributed by atoms with van der Waals surface area (Å²) in [6.07, 6.45) is 5.47. The van der Waals surface area contributed by atoms with Crippen molar-refractivity contribution >= 4 is 35.8 Å². The molecule has 0 aliphatic carbocycles. The van der Waals surface area contributed by atoms with Gasteiger partial charge in [-0.15, -0.1) is 24.0 Å². The molecular formula is C20H28IN5. The summed E-state index contributed by atoms with van der Waals surface area (Å²) < 4.78 is 0. The zero-order chi connectivity index (χ0) is 17.3. The molecule has 3 N–H and O–H groups in total. The third-order valence-electron chi connectivity index (χ3n) is 4.54. The maximum atomic E-state index is 6.01. The predicted molar refractivity (Wildman–Crippen MR) is 119 cm³/mol. The zero-order valence-corrected chi connectivity index (χ0v) is 17.4. The first-order valence-electron chi connectivity index (χ1n) is 9.04. The van der Waals surface area contributed by atoms with Crippen LogP contribution in [0.15, 0.2) is 59.7 Å². The van der Waals surface area contributed by atoms with Crippen LogP contribution >= 0.6 is 24.0 Å². The van der Waals surface area contributed by atoms with Gasteiger partial charge in [-0.25, -0.2) is 4.98 Å². The van der Waals surface area contributed by atoms with Crippen LogP contribution in [0.2, 0.25) is 0 Å². The summed E-state index contributed by atoms with van der Waals surface area (Å²) in [6.45, 7) is 4.02. The smallest absolute Gasteiger partial charge is 0.194 e. The summed E-state index contributed by atoms with van der Waals surface area (Å²) in [5.41, 5.74) is 7.38. The Labute approximate surface area is 173 Å². The average molecular weight is 465 g/mol. The van der Waals surface area contributed by atoms with Gasteiger partial charge in [0.25, 0.3) is 0 Å². The van der Waals surface area contributed by atoms with E-state index in [-0.39, 0.29) is 24.0 Å². The summed E-state index contributed by atoms with van der Waals surface area (Å²) in [5, 5.41) is 3.05. The van der Waals surface area contributed by atoms with Crippen molar-refractivity contribution in [2.75, 3.05) is 25.0 Å². The lowest BCUT2D eigenvalue weighted by Crippen LogP contribution is -2.30. The Bertz CT molecular complexity index is 662. The molecule has 1 atom stereocenters. The second kappa shape index (κ2) is 11.1. The van der Waals surface area contributed by atoms with E-state index in [2.05, 4.69) is 50.5 Å². The first-order valence-corrected chi connectivity index (χ1v) is 9.04. The fourth-order valence-electron chi connectivity index (χ4n) is 3.29. The molecule has 1 aromatic heterocycles. The normalized spacial score (nSPS) is 18.6. The quantitative estimate of drug-likeness (QED) is 0.401. The first-order chi connectivity index (χ1) is 12.3. The molecule has 1 aliphatic rings. The topological polar surface area (TPSA) is 66.5 Å². The molecule has 6 heteroatoms. The summed E-state index contributed by atoms with van der Waals surface area (Å²) in [5.74, 6) is 1.73. The van der Waals surface area contributed by atoms with Crippen LogP contribution in [-0.4, -0.2) is 35.5 Å². The Hall–Kier alpha value is -1.67. The van der Waals surface area contributed by atoms with Crippen LogP contribution in [0.4, 0.5) is 5.82 Å². The molecule has 1 saturated heterocycles. The highest BCUT2D eigenvalue weighted by Crippen LogP contribution is 2.18. The summed E-state index contributed by atoms with van der Waals surface area (Å²) in [6, 6.07) is 16.4. The SMILES string of the molecule is I.NC(=NCC1CCCCN(Cc2ccccc2)C1)Nc1ccccn1. The van der Waals surface area contributed by atoms with E-state index in [0.29, 0.717) is 11.9 Å². The van der Waals surface area contributed by atoms with Crippen molar-refractivity contribution in [1.82, 2.24) is 9.88 Å². The number of nitrogens with two attached hydrogens (primary N) is 1. The fraction of sp³-hybridized carbons (Fsp3) is 0.400. The number of hydrogen-bond donors (Lipinski definition) is 2. The number of halogens is 1. The molecule has 1 fully saturated rings. The third-order valence-corrected chi connectivity index (χ3v) is 4.54. The van der Waals surface area contributed by atoms with Crippen molar-refractivity contribution in [2.45, 2.75) is 25.8 Å². The number of pyridine rings is 1. The van der Waals surface area contributed by atoms with Crippen LogP contribution in [0, 0.1) is 5.92 Å². The maximum Gasteiger partial charge on any atom is 0.194 e. The number of nitrogens with one attached hydrogen (secondary N) is 1. The summed E-state index contributed by atoms with van der Waals surface area (Å²) in [7, 11) is 0. The van der Waals surface area contributed by atoms with Crippen molar-refractivity contribution in [3.8, 4) is 0 Å². The lowest BCUT2D eigenvalue weighted by Gasteiger charge is -2.23. The predicted octanol–water partition coefficient (Wildman–Crippen LogP) is 3.73. The Morgan fingerprint density at radius 1 is 1.15 bits per heavy atom. The molecule has 1 unspecified atom stereocenters. The van der Waals surface area contributed by atoms with Crippen LogP contribution in [0.3, 0.4) is 0 Å². The molecule has 1 aliphatic heterocycles.